The number of aromatic nitrogens is 4. The number of anilines is 2. The van der Waals surface area contributed by atoms with E-state index in [2.05, 4.69) is 25.3 Å². The van der Waals surface area contributed by atoms with Crippen LogP contribution >= 0.6 is 33.9 Å². The van der Waals surface area contributed by atoms with E-state index >= 15 is 0 Å². The lowest BCUT2D eigenvalue weighted by Gasteiger charge is -2.38. The van der Waals surface area contributed by atoms with Crippen molar-refractivity contribution in [2.24, 2.45) is 0 Å². The fourth-order valence-corrected chi connectivity index (χ4v) is 15.3. The Kier molecular flexibility index (Phi) is 16.9. The van der Waals surface area contributed by atoms with Crippen LogP contribution in [0, 0.1) is 27.7 Å². The molecule has 8 aromatic rings. The lowest BCUT2D eigenvalue weighted by Crippen LogP contribution is -2.49. The largest absolute Gasteiger partial charge is 0.441 e. The van der Waals surface area contributed by atoms with Crippen LogP contribution in [-0.2, 0) is 39.1 Å². The van der Waals surface area contributed by atoms with Crippen LogP contribution in [-0.4, -0.2) is 96.2 Å². The molecule has 396 valence electrons. The molecule has 2 saturated heterocycles. The van der Waals surface area contributed by atoms with Gasteiger partial charge in [-0.3, -0.25) is 0 Å². The zero-order chi connectivity index (χ0) is 53.9. The van der Waals surface area contributed by atoms with E-state index in [1.807, 2.05) is 19.1 Å². The number of benzene rings is 4. The summed E-state index contributed by atoms with van der Waals surface area (Å²) >= 11 is 12.5. The average molecular weight is 1160 g/mol. The second-order valence-corrected chi connectivity index (χ2v) is 26.4. The Balaban J connectivity index is 0.000000167. The quantitative estimate of drug-likeness (QED) is 0.119. The summed E-state index contributed by atoms with van der Waals surface area (Å²) in [6.07, 6.45) is 2.03. The number of hydrogen-bond acceptors (Lipinski definition) is 15. The predicted octanol–water partition coefficient (Wildman–Crippen LogP) is 9.60. The Labute approximate surface area is 450 Å². The van der Waals surface area contributed by atoms with Gasteiger partial charge >= 0.3 is 0 Å². The third-order valence-electron chi connectivity index (χ3n) is 12.2. The van der Waals surface area contributed by atoms with Crippen molar-refractivity contribution in [3.63, 3.8) is 0 Å². The average Bonchev–Trinajstić information content (AvgIpc) is 3.95. The van der Waals surface area contributed by atoms with Gasteiger partial charge in [-0.15, -0.1) is 0 Å². The molecule has 2 aliphatic rings. The molecule has 0 aliphatic carbocycles. The van der Waals surface area contributed by atoms with Crippen LogP contribution in [0.25, 0.3) is 22.2 Å². The molecule has 0 atom stereocenters. The standard InChI is InChI=1S/C25H25ClN4O5S2.C17H20ClN3O2S.C8H6ClNO3S/c1-17-6-5-9-25(27-17)30(37(33,34)24-8-4-3-7-21(24)26)19-12-14-29(15-13-19)36(31,32)20-10-11-22-23(16-20)35-18(2)28-22;1-13-5-4-8-17(20-13)21(14-9-11-19-12-10-14)24(22,23)16-7-3-2-6-15(16)18;1-5-10-7-3-2-6(14(9,11)12)4-8(7)13-5/h3-11,16,19H,12-15H2,1-2H3;2-8,14,19H,9-12H2,1H3;2-4H,1H3. The van der Waals surface area contributed by atoms with E-state index in [1.165, 1.54) is 49.3 Å². The summed E-state index contributed by atoms with van der Waals surface area (Å²) in [5, 5.41) is 3.60. The van der Waals surface area contributed by atoms with Crippen molar-refractivity contribution in [1.82, 2.24) is 29.6 Å². The summed E-state index contributed by atoms with van der Waals surface area (Å²) in [5.74, 6) is 1.66. The van der Waals surface area contributed by atoms with Crippen LogP contribution in [0.4, 0.5) is 11.6 Å². The van der Waals surface area contributed by atoms with Gasteiger partial charge in [0.1, 0.15) is 32.5 Å². The first-order valence-electron chi connectivity index (χ1n) is 23.4. The van der Waals surface area contributed by atoms with Crippen LogP contribution in [0.5, 0.6) is 0 Å². The number of halogens is 3. The van der Waals surface area contributed by atoms with Crippen molar-refractivity contribution >= 4 is 107 Å². The Morgan fingerprint density at radius 3 is 1.40 bits per heavy atom. The highest BCUT2D eigenvalue weighted by molar-refractivity contribution is 8.13. The van der Waals surface area contributed by atoms with Gasteiger partial charge in [0, 0.05) is 73.2 Å². The van der Waals surface area contributed by atoms with Gasteiger partial charge in [0.05, 0.1) is 19.8 Å². The van der Waals surface area contributed by atoms with Crippen molar-refractivity contribution in [2.75, 3.05) is 34.8 Å². The van der Waals surface area contributed by atoms with Gasteiger partial charge in [-0.2, -0.15) is 4.31 Å². The van der Waals surface area contributed by atoms with Crippen molar-refractivity contribution in [3.8, 4) is 0 Å². The number of nitrogens with one attached hydrogen (secondary N) is 1. The maximum atomic E-state index is 13.8. The lowest BCUT2D eigenvalue weighted by molar-refractivity contribution is 0.320. The molecule has 0 radical (unpaired) electrons. The molecule has 1 N–H and O–H groups in total. The minimum absolute atomic E-state index is 0.0165. The molecule has 2 aliphatic heterocycles. The fourth-order valence-electron chi connectivity index (χ4n) is 8.70. The Bertz CT molecular complexity index is 3830. The molecule has 6 heterocycles. The van der Waals surface area contributed by atoms with Gasteiger partial charge < -0.3 is 14.2 Å². The normalized spacial score (nSPS) is 15.2. The van der Waals surface area contributed by atoms with Gasteiger partial charge in [0.2, 0.25) is 10.0 Å². The summed E-state index contributed by atoms with van der Waals surface area (Å²) in [5.41, 5.74) is 3.46. The second kappa shape index (κ2) is 22.9. The van der Waals surface area contributed by atoms with Gasteiger partial charge in [-0.25, -0.2) is 62.2 Å². The van der Waals surface area contributed by atoms with Gasteiger partial charge in [-0.1, -0.05) is 59.6 Å². The zero-order valence-corrected chi connectivity index (χ0v) is 46.4. The topological polar surface area (TPSA) is 236 Å². The molecule has 10 rings (SSSR count). The summed E-state index contributed by atoms with van der Waals surface area (Å²) in [4.78, 5) is 17.4. The number of sulfonamides is 3. The number of oxazole rings is 2. The molecule has 2 fully saturated rings. The summed E-state index contributed by atoms with van der Waals surface area (Å²) in [6, 6.07) is 31.7. The Morgan fingerprint density at radius 2 is 0.960 bits per heavy atom. The van der Waals surface area contributed by atoms with Gasteiger partial charge in [-0.05, 0) is 125 Å². The van der Waals surface area contributed by atoms with Gasteiger partial charge in [0.15, 0.2) is 22.9 Å². The third kappa shape index (κ3) is 12.6. The predicted molar refractivity (Wildman–Crippen MR) is 288 cm³/mol. The highest BCUT2D eigenvalue weighted by Crippen LogP contribution is 2.35. The van der Waals surface area contributed by atoms with E-state index in [0.717, 1.165) is 31.6 Å². The molecule has 25 heteroatoms. The number of nitrogens with zero attached hydrogens (tertiary/aromatic N) is 7. The Hall–Kier alpha value is -5.69. The molecular formula is C50H51Cl3N8O10S4. The van der Waals surface area contributed by atoms with E-state index in [1.54, 1.807) is 93.6 Å². The minimum atomic E-state index is -4.08. The molecule has 4 aromatic carbocycles. The lowest BCUT2D eigenvalue weighted by atomic mass is 10.1. The van der Waals surface area contributed by atoms with E-state index < -0.39 is 45.2 Å². The van der Waals surface area contributed by atoms with E-state index in [4.69, 9.17) is 42.7 Å². The number of piperidine rings is 2. The molecule has 0 bridgehead atoms. The highest BCUT2D eigenvalue weighted by atomic mass is 35.7. The zero-order valence-electron chi connectivity index (χ0n) is 40.8. The number of aryl methyl sites for hydroxylation is 4. The molecule has 75 heavy (non-hydrogen) atoms. The van der Waals surface area contributed by atoms with E-state index in [-0.39, 0.29) is 67.4 Å². The molecule has 0 amide bonds. The number of pyridine rings is 2. The highest BCUT2D eigenvalue weighted by Gasteiger charge is 2.39. The summed E-state index contributed by atoms with van der Waals surface area (Å²) < 4.78 is 118. The van der Waals surface area contributed by atoms with E-state index in [0.29, 0.717) is 45.5 Å². The summed E-state index contributed by atoms with van der Waals surface area (Å²) in [7, 11) is -10.2. The number of hydrogen-bond donors (Lipinski definition) is 1. The smallest absolute Gasteiger partial charge is 0.267 e. The van der Waals surface area contributed by atoms with Crippen molar-refractivity contribution < 1.29 is 42.5 Å². The SMILES string of the molecule is Cc1cccc(N(C2CCN(S(=O)(=O)c3ccc4nc(C)oc4c3)CC2)S(=O)(=O)c2ccccc2Cl)n1.Cc1cccc(N(C2CCNCC2)S(=O)(=O)c2ccccc2Cl)n1.Cc1nc2ccc(S(=O)(=O)Cl)cc2o1. The van der Waals surface area contributed by atoms with Crippen LogP contribution < -0.4 is 13.9 Å². The van der Waals surface area contributed by atoms with Crippen molar-refractivity contribution in [2.45, 2.75) is 85.0 Å². The molecule has 0 spiro atoms. The van der Waals surface area contributed by atoms with Crippen LogP contribution in [0.3, 0.4) is 0 Å². The van der Waals surface area contributed by atoms with Crippen LogP contribution in [0.15, 0.2) is 150 Å². The molecule has 0 saturated carbocycles. The third-order valence-corrected chi connectivity index (χ3v) is 20.2. The minimum Gasteiger partial charge on any atom is -0.441 e. The molecule has 18 nitrogen and oxygen atoms in total. The van der Waals surface area contributed by atoms with Crippen LogP contribution in [0.1, 0.15) is 48.9 Å². The van der Waals surface area contributed by atoms with E-state index in [9.17, 15) is 33.7 Å². The van der Waals surface area contributed by atoms with Gasteiger partial charge in [0.25, 0.3) is 29.1 Å². The first-order valence-corrected chi connectivity index (χ1v) is 30.8. The molecular weight excluding hydrogens is 1110 g/mol. The maximum Gasteiger partial charge on any atom is 0.267 e. The molecule has 4 aromatic heterocycles. The van der Waals surface area contributed by atoms with Crippen molar-refractivity contribution in [1.29, 1.82) is 0 Å². The van der Waals surface area contributed by atoms with Crippen LogP contribution in [0.2, 0.25) is 10.0 Å². The number of fused-ring (bicyclic) bond motifs is 2. The first-order chi connectivity index (χ1) is 35.5. The second-order valence-electron chi connectivity index (χ2n) is 17.5. The summed E-state index contributed by atoms with van der Waals surface area (Å²) in [6.45, 7) is 8.87. The van der Waals surface area contributed by atoms with Crippen molar-refractivity contribution in [3.05, 3.63) is 155 Å². The maximum absolute atomic E-state index is 13.8. The monoisotopic (exact) mass is 1160 g/mol. The first kappa shape index (κ1) is 55.5. The Morgan fingerprint density at radius 1 is 0.533 bits per heavy atom. The number of rotatable bonds is 11. The molecule has 0 unspecified atom stereocenters. The fraction of sp³-hybridized carbons (Fsp3) is 0.280.